The van der Waals surface area contributed by atoms with Crippen LogP contribution in [-0.2, 0) is 4.79 Å². The summed E-state index contributed by atoms with van der Waals surface area (Å²) >= 11 is 0. The quantitative estimate of drug-likeness (QED) is 0.721. The van der Waals surface area contributed by atoms with Crippen LogP contribution >= 0.6 is 0 Å². The van der Waals surface area contributed by atoms with E-state index >= 15 is 0 Å². The van der Waals surface area contributed by atoms with Gasteiger partial charge in [0.25, 0.3) is 0 Å². The lowest BCUT2D eigenvalue weighted by atomic mass is 10.1. The van der Waals surface area contributed by atoms with Crippen molar-refractivity contribution in [1.82, 2.24) is 9.80 Å². The Morgan fingerprint density at radius 3 is 2.74 bits per heavy atom. The monoisotopic (exact) mass is 259 g/mol. The summed E-state index contributed by atoms with van der Waals surface area (Å²) in [6, 6.07) is -0.210. The van der Waals surface area contributed by atoms with Crippen LogP contribution in [0.1, 0.15) is 33.1 Å². The molecule has 1 amide bonds. The topological polar surface area (TPSA) is 35.9 Å². The van der Waals surface area contributed by atoms with Gasteiger partial charge in [0.1, 0.15) is 11.9 Å². The summed E-state index contributed by atoms with van der Waals surface area (Å²) in [5, 5.41) is 0. The van der Waals surface area contributed by atoms with Crippen LogP contribution in [0.3, 0.4) is 0 Å². The molecule has 0 aromatic heterocycles. The van der Waals surface area contributed by atoms with Crippen LogP contribution in [0, 0.1) is 0 Å². The van der Waals surface area contributed by atoms with E-state index in [0.717, 1.165) is 37.3 Å². The molecule has 19 heavy (non-hydrogen) atoms. The second-order valence-electron chi connectivity index (χ2n) is 5.71. The largest absolute Gasteiger partial charge is 0.341 e. The van der Waals surface area contributed by atoms with Crippen LogP contribution in [0.2, 0.25) is 0 Å². The first-order valence-corrected chi connectivity index (χ1v) is 7.15. The van der Waals surface area contributed by atoms with Gasteiger partial charge in [0, 0.05) is 19.3 Å². The Bertz CT molecular complexity index is 484. The Morgan fingerprint density at radius 1 is 1.26 bits per heavy atom. The molecule has 0 radical (unpaired) electrons. The predicted molar refractivity (Wildman–Crippen MR) is 75.9 cm³/mol. The maximum absolute atomic E-state index is 12.5. The number of aliphatic imine (C=N–C) groups is 1. The van der Waals surface area contributed by atoms with Crippen molar-refractivity contribution in [1.29, 1.82) is 0 Å². The number of rotatable bonds is 1. The van der Waals surface area contributed by atoms with E-state index in [1.807, 2.05) is 4.90 Å². The molecule has 102 valence electrons. The van der Waals surface area contributed by atoms with Gasteiger partial charge >= 0.3 is 0 Å². The van der Waals surface area contributed by atoms with E-state index in [0.29, 0.717) is 6.54 Å². The third-order valence-corrected chi connectivity index (χ3v) is 4.03. The number of amidine groups is 1. The fourth-order valence-electron chi connectivity index (χ4n) is 3.13. The highest BCUT2D eigenvalue weighted by atomic mass is 16.2. The van der Waals surface area contributed by atoms with E-state index in [9.17, 15) is 4.79 Å². The van der Waals surface area contributed by atoms with Crippen molar-refractivity contribution in [3.8, 4) is 0 Å². The molecule has 0 aromatic rings. The minimum absolute atomic E-state index is 0.209. The van der Waals surface area contributed by atoms with Gasteiger partial charge in [-0.1, -0.05) is 6.08 Å². The molecular formula is C15H21N3O. The highest BCUT2D eigenvalue weighted by Crippen LogP contribution is 2.23. The van der Waals surface area contributed by atoms with Crippen molar-refractivity contribution in [2.24, 2.45) is 4.99 Å². The molecule has 4 heteroatoms. The van der Waals surface area contributed by atoms with E-state index < -0.39 is 0 Å². The summed E-state index contributed by atoms with van der Waals surface area (Å²) in [6.45, 7) is 6.66. The van der Waals surface area contributed by atoms with Crippen LogP contribution in [0.4, 0.5) is 0 Å². The third-order valence-electron chi connectivity index (χ3n) is 4.03. The Kier molecular flexibility index (Phi) is 3.17. The van der Waals surface area contributed by atoms with E-state index in [2.05, 4.69) is 36.0 Å². The van der Waals surface area contributed by atoms with Gasteiger partial charge in [0.15, 0.2) is 0 Å². The van der Waals surface area contributed by atoms with Gasteiger partial charge in [-0.25, -0.2) is 0 Å². The third kappa shape index (κ3) is 2.31. The van der Waals surface area contributed by atoms with Crippen molar-refractivity contribution in [3.05, 3.63) is 23.4 Å². The maximum Gasteiger partial charge on any atom is 0.249 e. The zero-order valence-corrected chi connectivity index (χ0v) is 11.7. The van der Waals surface area contributed by atoms with Gasteiger partial charge in [-0.05, 0) is 44.3 Å². The highest BCUT2D eigenvalue weighted by Gasteiger charge is 2.34. The molecule has 1 unspecified atom stereocenters. The summed E-state index contributed by atoms with van der Waals surface area (Å²) in [4.78, 5) is 21.2. The minimum Gasteiger partial charge on any atom is -0.341 e. The van der Waals surface area contributed by atoms with Gasteiger partial charge in [0.2, 0.25) is 5.91 Å². The molecule has 1 saturated heterocycles. The van der Waals surface area contributed by atoms with Crippen molar-refractivity contribution >= 4 is 11.7 Å². The van der Waals surface area contributed by atoms with Gasteiger partial charge in [-0.3, -0.25) is 9.79 Å². The normalized spacial score (nSPS) is 26.6. The smallest absolute Gasteiger partial charge is 0.249 e. The lowest BCUT2D eigenvalue weighted by Gasteiger charge is -2.28. The number of piperidine rings is 1. The van der Waals surface area contributed by atoms with Crippen molar-refractivity contribution in [2.75, 3.05) is 19.6 Å². The van der Waals surface area contributed by atoms with Crippen molar-refractivity contribution in [3.63, 3.8) is 0 Å². The maximum atomic E-state index is 12.5. The fraction of sp³-hybridized carbons (Fsp3) is 0.600. The Hall–Kier alpha value is -1.58. The molecule has 0 aliphatic carbocycles. The van der Waals surface area contributed by atoms with Gasteiger partial charge in [-0.2, -0.15) is 0 Å². The molecule has 4 nitrogen and oxygen atoms in total. The first-order valence-electron chi connectivity index (χ1n) is 7.15. The van der Waals surface area contributed by atoms with Crippen LogP contribution in [0.25, 0.3) is 0 Å². The van der Waals surface area contributed by atoms with E-state index in [1.54, 1.807) is 0 Å². The summed E-state index contributed by atoms with van der Waals surface area (Å²) in [7, 11) is 0. The predicted octanol–water partition coefficient (Wildman–Crippen LogP) is 1.95. The molecule has 3 aliphatic rings. The minimum atomic E-state index is -0.210. The summed E-state index contributed by atoms with van der Waals surface area (Å²) in [5.41, 5.74) is 2.39. The summed E-state index contributed by atoms with van der Waals surface area (Å²) in [6.07, 6.45) is 7.74. The summed E-state index contributed by atoms with van der Waals surface area (Å²) in [5.74, 6) is 1.18. The number of hydrogen-bond acceptors (Lipinski definition) is 3. The van der Waals surface area contributed by atoms with Crippen molar-refractivity contribution in [2.45, 2.75) is 39.2 Å². The lowest BCUT2D eigenvalue weighted by molar-refractivity contribution is -0.133. The van der Waals surface area contributed by atoms with E-state index in [-0.39, 0.29) is 11.9 Å². The van der Waals surface area contributed by atoms with Crippen molar-refractivity contribution < 1.29 is 4.79 Å². The van der Waals surface area contributed by atoms with E-state index in [4.69, 9.17) is 0 Å². The molecular weight excluding hydrogens is 238 g/mol. The fourth-order valence-corrected chi connectivity index (χ4v) is 3.13. The molecule has 0 bridgehead atoms. The molecule has 3 aliphatic heterocycles. The average molecular weight is 259 g/mol. The molecule has 0 spiro atoms. The number of amides is 1. The molecule has 1 atom stereocenters. The zero-order chi connectivity index (χ0) is 13.4. The molecule has 0 saturated carbocycles. The van der Waals surface area contributed by atoms with Crippen LogP contribution in [0.15, 0.2) is 28.4 Å². The van der Waals surface area contributed by atoms with Gasteiger partial charge in [-0.15, -0.1) is 0 Å². The first kappa shape index (κ1) is 12.5. The SMILES string of the molecule is CC1=CN2CC(C(=O)N3CCCCC3)N=C2C(C)=C1. The number of allylic oxidation sites excluding steroid dienone is 2. The molecule has 1 fully saturated rings. The van der Waals surface area contributed by atoms with Crippen LogP contribution in [-0.4, -0.2) is 47.2 Å². The second kappa shape index (κ2) is 4.83. The van der Waals surface area contributed by atoms with Gasteiger partial charge in [0.05, 0.1) is 6.54 Å². The number of likely N-dealkylation sites (tertiary alicyclic amines) is 1. The molecule has 0 aromatic carbocycles. The number of hydrogen-bond donors (Lipinski definition) is 0. The molecule has 3 heterocycles. The van der Waals surface area contributed by atoms with E-state index in [1.165, 1.54) is 12.0 Å². The number of nitrogens with zero attached hydrogens (tertiary/aromatic N) is 3. The first-order chi connectivity index (χ1) is 9.15. The molecule has 3 rings (SSSR count). The van der Waals surface area contributed by atoms with Crippen LogP contribution in [0.5, 0.6) is 0 Å². The Morgan fingerprint density at radius 2 is 2.00 bits per heavy atom. The zero-order valence-electron chi connectivity index (χ0n) is 11.7. The average Bonchev–Trinajstić information content (AvgIpc) is 2.83. The second-order valence-corrected chi connectivity index (χ2v) is 5.71. The Labute approximate surface area is 114 Å². The highest BCUT2D eigenvalue weighted by molar-refractivity contribution is 6.03. The van der Waals surface area contributed by atoms with Gasteiger partial charge < -0.3 is 9.80 Å². The number of fused-ring (bicyclic) bond motifs is 1. The summed E-state index contributed by atoms with van der Waals surface area (Å²) < 4.78 is 0. The molecule has 0 N–H and O–H groups in total. The Balaban J connectivity index is 1.75. The lowest BCUT2D eigenvalue weighted by Crippen LogP contribution is -2.43. The number of carbonyl (C=O) groups excluding carboxylic acids is 1. The number of carbonyl (C=O) groups is 1. The van der Waals surface area contributed by atoms with Crippen LogP contribution < -0.4 is 0 Å². The standard InChI is InChI=1S/C15H21N3O/c1-11-8-12(2)14-16-13(10-18(14)9-11)15(19)17-6-4-3-5-7-17/h8-9,13H,3-7,10H2,1-2H3.